The standard InChI is InChI=1S/C18H18N4O/c1-12-10-22(11-16(12)23)18-14-6-2-3-7-15(14)20-17(21-18)13-5-4-8-19-9-13/h2-9,12,16,23H,10-11H2,1H3. The van der Waals surface area contributed by atoms with Gasteiger partial charge in [0.25, 0.3) is 0 Å². The lowest BCUT2D eigenvalue weighted by Gasteiger charge is -2.19. The zero-order valence-electron chi connectivity index (χ0n) is 12.9. The summed E-state index contributed by atoms with van der Waals surface area (Å²) in [4.78, 5) is 15.8. The van der Waals surface area contributed by atoms with Crippen molar-refractivity contribution in [1.82, 2.24) is 15.0 Å². The predicted molar refractivity (Wildman–Crippen MR) is 90.2 cm³/mol. The Hall–Kier alpha value is -2.53. The number of para-hydroxylation sites is 1. The van der Waals surface area contributed by atoms with E-state index in [1.165, 1.54) is 0 Å². The van der Waals surface area contributed by atoms with E-state index in [2.05, 4.69) is 21.8 Å². The topological polar surface area (TPSA) is 62.1 Å². The molecule has 0 saturated carbocycles. The van der Waals surface area contributed by atoms with Gasteiger partial charge >= 0.3 is 0 Å². The maximum absolute atomic E-state index is 10.1. The van der Waals surface area contributed by atoms with Crippen LogP contribution in [-0.4, -0.2) is 39.3 Å². The SMILES string of the molecule is CC1CN(c2nc(-c3cccnc3)nc3ccccc23)CC1O. The third kappa shape index (κ3) is 2.53. The van der Waals surface area contributed by atoms with Crippen molar-refractivity contribution in [3.05, 3.63) is 48.8 Å². The van der Waals surface area contributed by atoms with Crippen molar-refractivity contribution in [2.24, 2.45) is 5.92 Å². The third-order valence-electron chi connectivity index (χ3n) is 4.38. The predicted octanol–water partition coefficient (Wildman–Crippen LogP) is 2.51. The van der Waals surface area contributed by atoms with Gasteiger partial charge in [0.05, 0.1) is 11.6 Å². The molecule has 5 nitrogen and oxygen atoms in total. The first-order valence-corrected chi connectivity index (χ1v) is 7.82. The van der Waals surface area contributed by atoms with E-state index >= 15 is 0 Å². The van der Waals surface area contributed by atoms with Crippen LogP contribution in [0.5, 0.6) is 0 Å². The summed E-state index contributed by atoms with van der Waals surface area (Å²) < 4.78 is 0. The number of aliphatic hydroxyl groups is 1. The van der Waals surface area contributed by atoms with Crippen molar-refractivity contribution in [3.8, 4) is 11.4 Å². The van der Waals surface area contributed by atoms with Crippen LogP contribution >= 0.6 is 0 Å². The largest absolute Gasteiger partial charge is 0.391 e. The molecule has 0 bridgehead atoms. The number of hydrogen-bond acceptors (Lipinski definition) is 5. The smallest absolute Gasteiger partial charge is 0.163 e. The van der Waals surface area contributed by atoms with Gasteiger partial charge in [-0.15, -0.1) is 0 Å². The second-order valence-electron chi connectivity index (χ2n) is 6.08. The van der Waals surface area contributed by atoms with Crippen molar-refractivity contribution in [2.45, 2.75) is 13.0 Å². The molecule has 2 unspecified atom stereocenters. The summed E-state index contributed by atoms with van der Waals surface area (Å²) in [7, 11) is 0. The Morgan fingerprint density at radius 3 is 2.70 bits per heavy atom. The van der Waals surface area contributed by atoms with Gasteiger partial charge in [0, 0.05) is 42.4 Å². The number of aliphatic hydroxyl groups excluding tert-OH is 1. The summed E-state index contributed by atoms with van der Waals surface area (Å²) in [6, 6.07) is 11.9. The minimum absolute atomic E-state index is 0.241. The molecule has 4 rings (SSSR count). The van der Waals surface area contributed by atoms with Crippen LogP contribution in [0.4, 0.5) is 5.82 Å². The highest BCUT2D eigenvalue weighted by atomic mass is 16.3. The average Bonchev–Trinajstić information content (AvgIpc) is 2.93. The molecular formula is C18H18N4O. The zero-order chi connectivity index (χ0) is 15.8. The molecule has 5 heteroatoms. The fourth-order valence-electron chi connectivity index (χ4n) is 3.05. The molecule has 0 radical (unpaired) electrons. The quantitative estimate of drug-likeness (QED) is 0.788. The van der Waals surface area contributed by atoms with Crippen LogP contribution < -0.4 is 4.90 Å². The Morgan fingerprint density at radius 2 is 1.96 bits per heavy atom. The van der Waals surface area contributed by atoms with Gasteiger partial charge in [-0.05, 0) is 24.3 Å². The van der Waals surface area contributed by atoms with Crippen LogP contribution in [0.15, 0.2) is 48.8 Å². The Morgan fingerprint density at radius 1 is 1.09 bits per heavy atom. The van der Waals surface area contributed by atoms with Crippen molar-refractivity contribution in [3.63, 3.8) is 0 Å². The number of benzene rings is 1. The molecule has 1 aliphatic heterocycles. The third-order valence-corrected chi connectivity index (χ3v) is 4.38. The Bertz CT molecular complexity index is 827. The first-order chi connectivity index (χ1) is 11.2. The number of rotatable bonds is 2. The highest BCUT2D eigenvalue weighted by molar-refractivity contribution is 5.91. The van der Waals surface area contributed by atoms with E-state index in [1.807, 2.05) is 36.4 Å². The van der Waals surface area contributed by atoms with Crippen molar-refractivity contribution < 1.29 is 5.11 Å². The molecule has 116 valence electrons. The fraction of sp³-hybridized carbons (Fsp3) is 0.278. The van der Waals surface area contributed by atoms with Crippen LogP contribution in [0, 0.1) is 5.92 Å². The van der Waals surface area contributed by atoms with E-state index in [0.717, 1.165) is 28.8 Å². The van der Waals surface area contributed by atoms with Gasteiger partial charge in [-0.2, -0.15) is 0 Å². The minimum atomic E-state index is -0.314. The van der Waals surface area contributed by atoms with Gasteiger partial charge in [-0.25, -0.2) is 9.97 Å². The van der Waals surface area contributed by atoms with Crippen molar-refractivity contribution in [1.29, 1.82) is 0 Å². The number of anilines is 1. The van der Waals surface area contributed by atoms with E-state index in [-0.39, 0.29) is 12.0 Å². The molecule has 3 heterocycles. The van der Waals surface area contributed by atoms with Crippen LogP contribution in [0.2, 0.25) is 0 Å². The van der Waals surface area contributed by atoms with Gasteiger partial charge in [0.1, 0.15) is 5.82 Å². The molecule has 1 aromatic carbocycles. The Labute approximate surface area is 134 Å². The summed E-state index contributed by atoms with van der Waals surface area (Å²) in [5.41, 5.74) is 1.80. The summed E-state index contributed by atoms with van der Waals surface area (Å²) >= 11 is 0. The molecule has 1 N–H and O–H groups in total. The highest BCUT2D eigenvalue weighted by Gasteiger charge is 2.30. The first kappa shape index (κ1) is 14.1. The van der Waals surface area contributed by atoms with Gasteiger partial charge in [0.2, 0.25) is 0 Å². The molecule has 1 aliphatic rings. The molecule has 0 spiro atoms. The van der Waals surface area contributed by atoms with E-state index in [1.54, 1.807) is 12.4 Å². The number of β-amino-alcohol motifs (C(OH)–C–C–N with tert-alkyl or cyclic N) is 1. The maximum Gasteiger partial charge on any atom is 0.163 e. The average molecular weight is 306 g/mol. The summed E-state index contributed by atoms with van der Waals surface area (Å²) in [5, 5.41) is 11.1. The Balaban J connectivity index is 1.88. The highest BCUT2D eigenvalue weighted by Crippen LogP contribution is 2.30. The normalized spacial score (nSPS) is 21.0. The van der Waals surface area contributed by atoms with E-state index in [0.29, 0.717) is 12.4 Å². The number of nitrogens with zero attached hydrogens (tertiary/aromatic N) is 4. The van der Waals surface area contributed by atoms with E-state index in [4.69, 9.17) is 4.98 Å². The second kappa shape index (κ2) is 5.59. The lowest BCUT2D eigenvalue weighted by molar-refractivity contribution is 0.157. The molecule has 2 atom stereocenters. The Kier molecular flexibility index (Phi) is 3.42. The van der Waals surface area contributed by atoms with Crippen LogP contribution in [-0.2, 0) is 0 Å². The fourth-order valence-corrected chi connectivity index (χ4v) is 3.05. The maximum atomic E-state index is 10.1. The first-order valence-electron chi connectivity index (χ1n) is 7.82. The number of pyridine rings is 1. The van der Waals surface area contributed by atoms with Crippen molar-refractivity contribution in [2.75, 3.05) is 18.0 Å². The summed E-state index contributed by atoms with van der Waals surface area (Å²) in [6.45, 7) is 3.47. The molecule has 23 heavy (non-hydrogen) atoms. The molecule has 1 saturated heterocycles. The molecule has 2 aromatic heterocycles. The van der Waals surface area contributed by atoms with Gasteiger partial charge in [0.15, 0.2) is 5.82 Å². The molecular weight excluding hydrogens is 288 g/mol. The summed E-state index contributed by atoms with van der Waals surface area (Å²) in [5.74, 6) is 1.80. The van der Waals surface area contributed by atoms with Gasteiger partial charge in [-0.3, -0.25) is 4.98 Å². The summed E-state index contributed by atoms with van der Waals surface area (Å²) in [6.07, 6.45) is 3.20. The van der Waals surface area contributed by atoms with Crippen LogP contribution in [0.1, 0.15) is 6.92 Å². The van der Waals surface area contributed by atoms with Crippen molar-refractivity contribution >= 4 is 16.7 Å². The van der Waals surface area contributed by atoms with Crippen LogP contribution in [0.25, 0.3) is 22.3 Å². The van der Waals surface area contributed by atoms with Crippen LogP contribution in [0.3, 0.4) is 0 Å². The molecule has 3 aromatic rings. The monoisotopic (exact) mass is 306 g/mol. The lowest BCUT2D eigenvalue weighted by atomic mass is 10.1. The van der Waals surface area contributed by atoms with Gasteiger partial charge < -0.3 is 10.0 Å². The van der Waals surface area contributed by atoms with Gasteiger partial charge in [-0.1, -0.05) is 19.1 Å². The molecule has 0 amide bonds. The van der Waals surface area contributed by atoms with E-state index < -0.39 is 0 Å². The lowest BCUT2D eigenvalue weighted by Crippen LogP contribution is -2.23. The zero-order valence-corrected chi connectivity index (χ0v) is 12.9. The molecule has 1 fully saturated rings. The minimum Gasteiger partial charge on any atom is -0.391 e. The van der Waals surface area contributed by atoms with E-state index in [9.17, 15) is 5.11 Å². The number of aromatic nitrogens is 3. The molecule has 0 aliphatic carbocycles. The second-order valence-corrected chi connectivity index (χ2v) is 6.08. The number of hydrogen-bond donors (Lipinski definition) is 1. The number of fused-ring (bicyclic) bond motifs is 1.